The van der Waals surface area contributed by atoms with Crippen LogP contribution in [0.4, 0.5) is 0 Å². The highest BCUT2D eigenvalue weighted by atomic mass is 16.6. The van der Waals surface area contributed by atoms with Crippen LogP contribution in [0, 0.1) is 0 Å². The molecule has 0 amide bonds. The first-order valence-electron chi connectivity index (χ1n) is 8.85. The standard InChI is InChI=1S/C19H19N7O2/c1-12(11-27)28-24-13(2)17-9-21-18-19(22-17)26(25-23-18)10-14-5-6-16-15(8-14)4-3-7-20-16/h3-9,12,27H,10-11H2,1-2H3/b24-13+. The average molecular weight is 377 g/mol. The fourth-order valence-corrected chi connectivity index (χ4v) is 2.68. The number of benzene rings is 1. The van der Waals surface area contributed by atoms with Gasteiger partial charge in [0.1, 0.15) is 17.5 Å². The molecule has 0 fully saturated rings. The zero-order chi connectivity index (χ0) is 19.5. The lowest BCUT2D eigenvalue weighted by molar-refractivity contribution is 0.0290. The molecule has 0 saturated heterocycles. The molecule has 3 heterocycles. The third kappa shape index (κ3) is 3.65. The number of nitrogens with zero attached hydrogens (tertiary/aromatic N) is 7. The van der Waals surface area contributed by atoms with Crippen LogP contribution < -0.4 is 0 Å². The average Bonchev–Trinajstić information content (AvgIpc) is 3.13. The maximum absolute atomic E-state index is 9.03. The molecular formula is C19H19N7O2. The van der Waals surface area contributed by atoms with Crippen LogP contribution in [-0.4, -0.2) is 53.5 Å². The lowest BCUT2D eigenvalue weighted by atomic mass is 10.1. The molecule has 0 radical (unpaired) electrons. The van der Waals surface area contributed by atoms with Crippen molar-refractivity contribution in [2.45, 2.75) is 26.5 Å². The molecule has 0 aliphatic carbocycles. The van der Waals surface area contributed by atoms with Gasteiger partial charge in [-0.1, -0.05) is 22.5 Å². The molecule has 9 nitrogen and oxygen atoms in total. The second-order valence-electron chi connectivity index (χ2n) is 6.46. The number of pyridine rings is 1. The van der Waals surface area contributed by atoms with Crippen LogP contribution >= 0.6 is 0 Å². The van der Waals surface area contributed by atoms with Crippen LogP contribution in [0.2, 0.25) is 0 Å². The molecule has 3 aromatic heterocycles. The van der Waals surface area contributed by atoms with Crippen molar-refractivity contribution < 1.29 is 9.94 Å². The third-order valence-electron chi connectivity index (χ3n) is 4.22. The Hall–Kier alpha value is -3.46. The fourth-order valence-electron chi connectivity index (χ4n) is 2.68. The molecule has 4 rings (SSSR count). The summed E-state index contributed by atoms with van der Waals surface area (Å²) in [7, 11) is 0. The highest BCUT2D eigenvalue weighted by Gasteiger charge is 2.12. The molecule has 142 valence electrons. The Labute approximate surface area is 160 Å². The van der Waals surface area contributed by atoms with Crippen LogP contribution in [0.5, 0.6) is 0 Å². The van der Waals surface area contributed by atoms with E-state index in [-0.39, 0.29) is 12.7 Å². The Bertz CT molecular complexity index is 1160. The maximum atomic E-state index is 9.03. The normalized spacial score (nSPS) is 13.2. The summed E-state index contributed by atoms with van der Waals surface area (Å²) in [5, 5.41) is 22.4. The molecule has 0 aliphatic heterocycles. The van der Waals surface area contributed by atoms with Crippen LogP contribution in [0.15, 0.2) is 47.9 Å². The van der Waals surface area contributed by atoms with Crippen molar-refractivity contribution >= 4 is 27.9 Å². The number of rotatable bonds is 6. The van der Waals surface area contributed by atoms with Gasteiger partial charge in [0.15, 0.2) is 5.65 Å². The summed E-state index contributed by atoms with van der Waals surface area (Å²) < 4.78 is 1.70. The van der Waals surface area contributed by atoms with E-state index >= 15 is 0 Å². The smallest absolute Gasteiger partial charge is 0.221 e. The highest BCUT2D eigenvalue weighted by Crippen LogP contribution is 2.16. The van der Waals surface area contributed by atoms with Gasteiger partial charge in [-0.2, -0.15) is 0 Å². The van der Waals surface area contributed by atoms with Crippen LogP contribution in [0.3, 0.4) is 0 Å². The van der Waals surface area contributed by atoms with Gasteiger partial charge in [0.05, 0.1) is 24.9 Å². The van der Waals surface area contributed by atoms with Crippen molar-refractivity contribution in [1.29, 1.82) is 0 Å². The summed E-state index contributed by atoms with van der Waals surface area (Å²) in [6.45, 7) is 3.89. The topological polar surface area (TPSA) is 111 Å². The van der Waals surface area contributed by atoms with Gasteiger partial charge in [-0.15, -0.1) is 5.10 Å². The fraction of sp³-hybridized carbons (Fsp3) is 0.263. The van der Waals surface area contributed by atoms with Gasteiger partial charge in [-0.3, -0.25) is 4.98 Å². The summed E-state index contributed by atoms with van der Waals surface area (Å²) in [4.78, 5) is 18.4. The van der Waals surface area contributed by atoms with Gasteiger partial charge in [0, 0.05) is 11.6 Å². The molecule has 0 spiro atoms. The monoisotopic (exact) mass is 377 g/mol. The molecule has 28 heavy (non-hydrogen) atoms. The number of aliphatic hydroxyl groups is 1. The van der Waals surface area contributed by atoms with Crippen LogP contribution in [-0.2, 0) is 11.4 Å². The van der Waals surface area contributed by atoms with Crippen LogP contribution in [0.25, 0.3) is 22.2 Å². The molecule has 1 N–H and O–H groups in total. The van der Waals surface area contributed by atoms with Gasteiger partial charge in [0.25, 0.3) is 0 Å². The molecule has 9 heteroatoms. The number of hydrogen-bond donors (Lipinski definition) is 1. The predicted octanol–water partition coefficient (Wildman–Crippen LogP) is 1.94. The minimum absolute atomic E-state index is 0.112. The highest BCUT2D eigenvalue weighted by molar-refractivity contribution is 5.97. The summed E-state index contributed by atoms with van der Waals surface area (Å²) in [5.74, 6) is 0. The number of oxime groups is 1. The van der Waals surface area contributed by atoms with E-state index in [2.05, 4.69) is 36.5 Å². The minimum atomic E-state index is -0.388. The van der Waals surface area contributed by atoms with E-state index in [4.69, 9.17) is 9.94 Å². The van der Waals surface area contributed by atoms with E-state index in [0.29, 0.717) is 29.2 Å². The van der Waals surface area contributed by atoms with E-state index in [1.165, 1.54) is 0 Å². The number of fused-ring (bicyclic) bond motifs is 2. The second kappa shape index (κ2) is 7.65. The van der Waals surface area contributed by atoms with Crippen molar-refractivity contribution in [2.24, 2.45) is 5.16 Å². The molecule has 0 saturated carbocycles. The third-order valence-corrected chi connectivity index (χ3v) is 4.22. The Kier molecular flexibility index (Phi) is 4.90. The second-order valence-corrected chi connectivity index (χ2v) is 6.46. The number of hydrogen-bond acceptors (Lipinski definition) is 8. The van der Waals surface area contributed by atoms with Gasteiger partial charge in [-0.25, -0.2) is 14.6 Å². The maximum Gasteiger partial charge on any atom is 0.221 e. The summed E-state index contributed by atoms with van der Waals surface area (Å²) >= 11 is 0. The Morgan fingerprint density at radius 2 is 2.18 bits per heavy atom. The van der Waals surface area contributed by atoms with Crippen LogP contribution in [0.1, 0.15) is 25.1 Å². The van der Waals surface area contributed by atoms with Crippen molar-refractivity contribution in [3.05, 3.63) is 54.0 Å². The van der Waals surface area contributed by atoms with Crippen molar-refractivity contribution in [1.82, 2.24) is 29.9 Å². The van der Waals surface area contributed by atoms with Gasteiger partial charge in [0.2, 0.25) is 5.65 Å². The lowest BCUT2D eigenvalue weighted by Crippen LogP contribution is -2.11. The van der Waals surface area contributed by atoms with Gasteiger partial charge in [-0.05, 0) is 37.6 Å². The van der Waals surface area contributed by atoms with Gasteiger partial charge < -0.3 is 9.94 Å². The lowest BCUT2D eigenvalue weighted by Gasteiger charge is -2.07. The Balaban J connectivity index is 1.63. The molecule has 1 unspecified atom stereocenters. The molecule has 0 bridgehead atoms. The van der Waals surface area contributed by atoms with Crippen molar-refractivity contribution in [3.8, 4) is 0 Å². The van der Waals surface area contributed by atoms with E-state index in [1.54, 1.807) is 30.9 Å². The molecule has 1 atom stereocenters. The van der Waals surface area contributed by atoms with E-state index in [0.717, 1.165) is 16.5 Å². The van der Waals surface area contributed by atoms with Crippen molar-refractivity contribution in [3.63, 3.8) is 0 Å². The summed E-state index contributed by atoms with van der Waals surface area (Å²) in [5.41, 5.74) is 4.14. The molecule has 0 aliphatic rings. The molecule has 4 aromatic rings. The first-order valence-corrected chi connectivity index (χ1v) is 8.85. The SMILES string of the molecule is C/C(=N\OC(C)CO)c1cnc2nnn(Cc3ccc4ncccc4c3)c2n1. The van der Waals surface area contributed by atoms with E-state index < -0.39 is 0 Å². The minimum Gasteiger partial charge on any atom is -0.392 e. The zero-order valence-electron chi connectivity index (χ0n) is 15.5. The first-order chi connectivity index (χ1) is 13.6. The van der Waals surface area contributed by atoms with E-state index in [9.17, 15) is 0 Å². The summed E-state index contributed by atoms with van der Waals surface area (Å²) in [6.07, 6.45) is 2.97. The van der Waals surface area contributed by atoms with Gasteiger partial charge >= 0.3 is 0 Å². The quantitative estimate of drug-likeness (QED) is 0.404. The first kappa shape index (κ1) is 17.9. The van der Waals surface area contributed by atoms with E-state index in [1.807, 2.05) is 24.3 Å². The zero-order valence-corrected chi connectivity index (χ0v) is 15.5. The van der Waals surface area contributed by atoms with Crippen molar-refractivity contribution in [2.75, 3.05) is 6.61 Å². The molecular weight excluding hydrogens is 358 g/mol. The Morgan fingerprint density at radius 1 is 1.29 bits per heavy atom. The largest absolute Gasteiger partial charge is 0.392 e. The predicted molar refractivity (Wildman–Crippen MR) is 104 cm³/mol. The molecule has 1 aromatic carbocycles. The number of aromatic nitrogens is 6. The summed E-state index contributed by atoms with van der Waals surface area (Å²) in [6, 6.07) is 10.0. The Morgan fingerprint density at radius 3 is 3.04 bits per heavy atom. The number of aliphatic hydroxyl groups excluding tert-OH is 1.